The van der Waals surface area contributed by atoms with E-state index in [0.29, 0.717) is 22.8 Å². The minimum Gasteiger partial charge on any atom is -0.390 e. The van der Waals surface area contributed by atoms with Crippen molar-refractivity contribution in [1.82, 2.24) is 20.0 Å². The Balaban J connectivity index is 2.47. The number of pyridine rings is 1. The maximum absolute atomic E-state index is 9.04. The van der Waals surface area contributed by atoms with Crippen LogP contribution in [0.1, 0.15) is 22.5 Å². The molecule has 0 aliphatic heterocycles. The van der Waals surface area contributed by atoms with Gasteiger partial charge in [0.1, 0.15) is 11.8 Å². The van der Waals surface area contributed by atoms with Gasteiger partial charge in [0.15, 0.2) is 5.82 Å². The zero-order valence-electron chi connectivity index (χ0n) is 9.55. The van der Waals surface area contributed by atoms with Gasteiger partial charge in [0, 0.05) is 6.20 Å². The summed E-state index contributed by atoms with van der Waals surface area (Å²) < 4.78 is 0. The molecule has 0 amide bonds. The molecule has 0 saturated heterocycles. The number of hydrogen-bond donors (Lipinski definition) is 1. The summed E-state index contributed by atoms with van der Waals surface area (Å²) in [5.74, 6) is 0.532. The summed E-state index contributed by atoms with van der Waals surface area (Å²) >= 11 is 0. The Morgan fingerprint density at radius 1 is 1.41 bits per heavy atom. The van der Waals surface area contributed by atoms with Gasteiger partial charge >= 0.3 is 0 Å². The van der Waals surface area contributed by atoms with E-state index in [1.807, 2.05) is 13.0 Å². The van der Waals surface area contributed by atoms with E-state index in [-0.39, 0.29) is 6.61 Å². The molecule has 0 bridgehead atoms. The Morgan fingerprint density at radius 3 is 2.71 bits per heavy atom. The minimum absolute atomic E-state index is 0.152. The molecule has 0 aliphatic rings. The van der Waals surface area contributed by atoms with Gasteiger partial charge in [-0.1, -0.05) is 0 Å². The highest BCUT2D eigenvalue weighted by Crippen LogP contribution is 2.11. The molecule has 0 aromatic carbocycles. The van der Waals surface area contributed by atoms with Crippen LogP contribution in [0, 0.1) is 25.2 Å². The molecule has 0 radical (unpaired) electrons. The summed E-state index contributed by atoms with van der Waals surface area (Å²) in [6.45, 7) is 3.44. The lowest BCUT2D eigenvalue weighted by Crippen LogP contribution is -2.03. The molecule has 0 atom stereocenters. The summed E-state index contributed by atoms with van der Waals surface area (Å²) in [4.78, 5) is 5.46. The van der Waals surface area contributed by atoms with Crippen LogP contribution in [0.15, 0.2) is 12.3 Å². The number of hydrogen-bond acceptors (Lipinski definition) is 5. The molecule has 0 unspecified atom stereocenters. The lowest BCUT2D eigenvalue weighted by molar-refractivity contribution is 0.275. The third kappa shape index (κ3) is 2.00. The van der Waals surface area contributed by atoms with Crippen LogP contribution in [-0.2, 0) is 6.61 Å². The van der Waals surface area contributed by atoms with Crippen LogP contribution in [0.5, 0.6) is 0 Å². The molecule has 1 N–H and O–H groups in total. The van der Waals surface area contributed by atoms with Crippen molar-refractivity contribution >= 4 is 0 Å². The van der Waals surface area contributed by atoms with Crippen LogP contribution >= 0.6 is 0 Å². The average Bonchev–Trinajstić information content (AvgIpc) is 2.70. The monoisotopic (exact) mass is 229 g/mol. The van der Waals surface area contributed by atoms with Crippen LogP contribution < -0.4 is 0 Å². The molecular formula is C11H11N5O. The number of rotatable bonds is 2. The molecule has 6 heteroatoms. The lowest BCUT2D eigenvalue weighted by Gasteiger charge is -2.01. The van der Waals surface area contributed by atoms with Gasteiger partial charge < -0.3 is 5.11 Å². The highest BCUT2D eigenvalue weighted by Gasteiger charge is 2.09. The molecule has 86 valence electrons. The molecule has 0 spiro atoms. The van der Waals surface area contributed by atoms with Crippen LogP contribution in [0.2, 0.25) is 0 Å². The van der Waals surface area contributed by atoms with Gasteiger partial charge in [-0.15, -0.1) is 9.90 Å². The van der Waals surface area contributed by atoms with Crippen molar-refractivity contribution in [3.05, 3.63) is 34.8 Å². The van der Waals surface area contributed by atoms with E-state index in [9.17, 15) is 0 Å². The fourth-order valence-corrected chi connectivity index (χ4v) is 1.42. The average molecular weight is 229 g/mol. The van der Waals surface area contributed by atoms with Crippen LogP contribution in [0.4, 0.5) is 0 Å². The fraction of sp³-hybridized carbons (Fsp3) is 0.273. The number of aliphatic hydroxyl groups excluding tert-OH is 1. The topological polar surface area (TPSA) is 87.6 Å². The molecule has 2 heterocycles. The van der Waals surface area contributed by atoms with Gasteiger partial charge in [-0.3, -0.25) is 0 Å². The van der Waals surface area contributed by atoms with Crippen LogP contribution in [-0.4, -0.2) is 25.1 Å². The maximum Gasteiger partial charge on any atom is 0.174 e. The standard InChI is InChI=1S/C11H11N5O/c1-7-3-11(13-5-9(7)4-12)16-14-8(2)10(6-17)15-16/h3,5,17H,6H2,1-2H3. The molecule has 6 nitrogen and oxygen atoms in total. The van der Waals surface area contributed by atoms with E-state index in [2.05, 4.69) is 15.2 Å². The summed E-state index contributed by atoms with van der Waals surface area (Å²) in [6, 6.07) is 3.78. The SMILES string of the molecule is Cc1cc(-n2nc(C)c(CO)n2)ncc1C#N. The molecule has 0 saturated carbocycles. The highest BCUT2D eigenvalue weighted by atomic mass is 16.3. The normalized spacial score (nSPS) is 10.2. The smallest absolute Gasteiger partial charge is 0.174 e. The molecule has 0 fully saturated rings. The Morgan fingerprint density at radius 2 is 2.18 bits per heavy atom. The Hall–Kier alpha value is -2.26. The number of aromatic nitrogens is 4. The largest absolute Gasteiger partial charge is 0.390 e. The van der Waals surface area contributed by atoms with Crippen LogP contribution in [0.3, 0.4) is 0 Å². The van der Waals surface area contributed by atoms with Crippen molar-refractivity contribution in [1.29, 1.82) is 5.26 Å². The third-order valence-corrected chi connectivity index (χ3v) is 2.45. The van der Waals surface area contributed by atoms with E-state index in [0.717, 1.165) is 5.56 Å². The first-order valence-corrected chi connectivity index (χ1v) is 5.06. The van der Waals surface area contributed by atoms with Crippen molar-refractivity contribution in [2.75, 3.05) is 0 Å². The van der Waals surface area contributed by atoms with Crippen molar-refractivity contribution in [3.63, 3.8) is 0 Å². The number of nitriles is 1. The molecule has 0 aliphatic carbocycles. The predicted molar refractivity (Wildman–Crippen MR) is 59.3 cm³/mol. The van der Waals surface area contributed by atoms with Crippen molar-refractivity contribution in [2.24, 2.45) is 0 Å². The molecule has 2 rings (SSSR count). The first-order valence-electron chi connectivity index (χ1n) is 5.06. The summed E-state index contributed by atoms with van der Waals surface area (Å²) in [5, 5.41) is 26.1. The lowest BCUT2D eigenvalue weighted by atomic mass is 10.2. The third-order valence-electron chi connectivity index (χ3n) is 2.45. The summed E-state index contributed by atoms with van der Waals surface area (Å²) in [5.41, 5.74) is 2.53. The van der Waals surface area contributed by atoms with E-state index in [1.165, 1.54) is 11.0 Å². The van der Waals surface area contributed by atoms with E-state index in [4.69, 9.17) is 10.4 Å². The van der Waals surface area contributed by atoms with Crippen molar-refractivity contribution in [3.8, 4) is 11.9 Å². The minimum atomic E-state index is -0.152. The van der Waals surface area contributed by atoms with Gasteiger partial charge in [0.2, 0.25) is 0 Å². The molecule has 17 heavy (non-hydrogen) atoms. The quantitative estimate of drug-likeness (QED) is 0.816. The first kappa shape index (κ1) is 11.2. The number of aryl methyl sites for hydroxylation is 2. The zero-order valence-corrected chi connectivity index (χ0v) is 9.55. The predicted octanol–water partition coefficient (Wildman–Crippen LogP) is 0.643. The number of aliphatic hydroxyl groups is 1. The summed E-state index contributed by atoms with van der Waals surface area (Å²) in [6.07, 6.45) is 1.49. The second-order valence-corrected chi connectivity index (χ2v) is 3.65. The Kier molecular flexibility index (Phi) is 2.85. The van der Waals surface area contributed by atoms with Gasteiger partial charge in [-0.2, -0.15) is 10.4 Å². The maximum atomic E-state index is 9.04. The second kappa shape index (κ2) is 4.31. The van der Waals surface area contributed by atoms with Crippen LogP contribution in [0.25, 0.3) is 5.82 Å². The highest BCUT2D eigenvalue weighted by molar-refractivity contribution is 5.39. The van der Waals surface area contributed by atoms with E-state index >= 15 is 0 Å². The van der Waals surface area contributed by atoms with Gasteiger partial charge in [-0.05, 0) is 25.5 Å². The summed E-state index contributed by atoms with van der Waals surface area (Å²) in [7, 11) is 0. The van der Waals surface area contributed by atoms with Gasteiger partial charge in [0.25, 0.3) is 0 Å². The van der Waals surface area contributed by atoms with Gasteiger partial charge in [0.05, 0.1) is 17.9 Å². The first-order chi connectivity index (χ1) is 8.15. The zero-order chi connectivity index (χ0) is 12.4. The Bertz CT molecular complexity index is 596. The second-order valence-electron chi connectivity index (χ2n) is 3.65. The van der Waals surface area contributed by atoms with E-state index in [1.54, 1.807) is 13.0 Å². The molecular weight excluding hydrogens is 218 g/mol. The van der Waals surface area contributed by atoms with Gasteiger partial charge in [-0.25, -0.2) is 4.98 Å². The van der Waals surface area contributed by atoms with Crippen molar-refractivity contribution < 1.29 is 5.11 Å². The Labute approximate surface area is 98.2 Å². The van der Waals surface area contributed by atoms with E-state index < -0.39 is 0 Å². The van der Waals surface area contributed by atoms with Crippen molar-refractivity contribution in [2.45, 2.75) is 20.5 Å². The molecule has 2 aromatic rings. The number of nitrogens with zero attached hydrogens (tertiary/aromatic N) is 5. The fourth-order valence-electron chi connectivity index (χ4n) is 1.42. The molecule has 2 aromatic heterocycles.